The Balaban J connectivity index is 1.52. The van der Waals surface area contributed by atoms with Crippen LogP contribution in [0.1, 0.15) is 11.3 Å². The summed E-state index contributed by atoms with van der Waals surface area (Å²) in [5, 5.41) is 4.59. The number of aromatic amines is 1. The maximum absolute atomic E-state index is 4.29. The van der Waals surface area contributed by atoms with Crippen LogP contribution in [0, 0.1) is 0 Å². The highest BCUT2D eigenvalue weighted by Gasteiger charge is 2.00. The van der Waals surface area contributed by atoms with Crippen LogP contribution >= 0.6 is 0 Å². The summed E-state index contributed by atoms with van der Waals surface area (Å²) in [6.07, 6.45) is 6.48. The minimum Gasteiger partial charge on any atom is -0.342 e. The van der Waals surface area contributed by atoms with E-state index in [9.17, 15) is 0 Å². The monoisotopic (exact) mass is 252 g/mol. The van der Waals surface area contributed by atoms with Crippen LogP contribution in [0.5, 0.6) is 0 Å². The number of hydrogen-bond acceptors (Lipinski definition) is 3. The molecule has 0 bridgehead atoms. The van der Waals surface area contributed by atoms with Gasteiger partial charge in [0, 0.05) is 36.2 Å². The Morgan fingerprint density at radius 2 is 2.00 bits per heavy atom. The van der Waals surface area contributed by atoms with Crippen LogP contribution in [0.4, 0.5) is 0 Å². The fourth-order valence-electron chi connectivity index (χ4n) is 2.11. The number of hydrogen-bond donors (Lipinski definition) is 2. The summed E-state index contributed by atoms with van der Waals surface area (Å²) >= 11 is 0. The highest BCUT2D eigenvalue weighted by atomic mass is 14.9. The molecule has 0 fully saturated rings. The van der Waals surface area contributed by atoms with E-state index in [1.165, 1.54) is 11.3 Å². The molecule has 0 aliphatic heterocycles. The number of pyridine rings is 2. The van der Waals surface area contributed by atoms with E-state index in [2.05, 4.69) is 44.5 Å². The molecule has 19 heavy (non-hydrogen) atoms. The molecule has 0 saturated carbocycles. The van der Waals surface area contributed by atoms with Gasteiger partial charge in [0.15, 0.2) is 0 Å². The highest BCUT2D eigenvalue weighted by Crippen LogP contribution is 2.11. The van der Waals surface area contributed by atoms with Crippen molar-refractivity contribution in [3.63, 3.8) is 0 Å². The van der Waals surface area contributed by atoms with Crippen LogP contribution in [-0.2, 0) is 13.0 Å². The molecule has 3 heterocycles. The smallest absolute Gasteiger partial charge is 0.137 e. The molecular formula is C15H16N4. The molecule has 0 saturated heterocycles. The van der Waals surface area contributed by atoms with E-state index in [1.54, 1.807) is 6.20 Å². The molecule has 0 radical (unpaired) electrons. The summed E-state index contributed by atoms with van der Waals surface area (Å²) in [6.45, 7) is 1.79. The molecular weight excluding hydrogens is 236 g/mol. The predicted octanol–water partition coefficient (Wildman–Crippen LogP) is 2.29. The molecule has 0 spiro atoms. The number of fused-ring (bicyclic) bond motifs is 1. The molecule has 0 amide bonds. The van der Waals surface area contributed by atoms with Crippen molar-refractivity contribution >= 4 is 11.0 Å². The lowest BCUT2D eigenvalue weighted by molar-refractivity contribution is 0.678. The number of aromatic nitrogens is 3. The topological polar surface area (TPSA) is 53.6 Å². The average Bonchev–Trinajstić information content (AvgIpc) is 2.87. The maximum atomic E-state index is 4.29. The standard InChI is InChI=1S/C15H16N4/c1-2-13-10-14(19-15(13)18-6-1)11-17-9-5-12-3-7-16-8-4-12/h1-4,6-8,10,17H,5,9,11H2,(H,18,19). The average molecular weight is 252 g/mol. The molecule has 0 atom stereocenters. The highest BCUT2D eigenvalue weighted by molar-refractivity contribution is 5.76. The Hall–Kier alpha value is -2.20. The molecule has 0 unspecified atom stereocenters. The van der Waals surface area contributed by atoms with Crippen LogP contribution in [0.15, 0.2) is 48.9 Å². The number of rotatable bonds is 5. The van der Waals surface area contributed by atoms with Crippen LogP contribution < -0.4 is 5.32 Å². The second-order valence-electron chi connectivity index (χ2n) is 4.52. The van der Waals surface area contributed by atoms with Crippen molar-refractivity contribution in [3.05, 3.63) is 60.2 Å². The zero-order valence-electron chi connectivity index (χ0n) is 10.6. The van der Waals surface area contributed by atoms with Gasteiger partial charge < -0.3 is 10.3 Å². The second kappa shape index (κ2) is 5.63. The molecule has 0 aliphatic rings. The summed E-state index contributed by atoms with van der Waals surface area (Å²) in [4.78, 5) is 11.6. The van der Waals surface area contributed by atoms with Gasteiger partial charge >= 0.3 is 0 Å². The molecule has 3 aromatic heterocycles. The number of nitrogens with one attached hydrogen (secondary N) is 2. The van der Waals surface area contributed by atoms with Crippen molar-refractivity contribution in [3.8, 4) is 0 Å². The van der Waals surface area contributed by atoms with Crippen LogP contribution in [-0.4, -0.2) is 21.5 Å². The lowest BCUT2D eigenvalue weighted by atomic mass is 10.2. The van der Waals surface area contributed by atoms with Gasteiger partial charge in [0.2, 0.25) is 0 Å². The number of nitrogens with zero attached hydrogens (tertiary/aromatic N) is 2. The summed E-state index contributed by atoms with van der Waals surface area (Å²) in [5.74, 6) is 0. The molecule has 96 valence electrons. The molecule has 0 aliphatic carbocycles. The van der Waals surface area contributed by atoms with Gasteiger partial charge in [-0.3, -0.25) is 4.98 Å². The number of H-pyrrole nitrogens is 1. The summed E-state index contributed by atoms with van der Waals surface area (Å²) in [6, 6.07) is 10.3. The minimum atomic E-state index is 0.835. The van der Waals surface area contributed by atoms with Gasteiger partial charge in [-0.15, -0.1) is 0 Å². The first kappa shape index (κ1) is 11.9. The van der Waals surface area contributed by atoms with Crippen molar-refractivity contribution < 1.29 is 0 Å². The largest absolute Gasteiger partial charge is 0.342 e. The summed E-state index contributed by atoms with van der Waals surface area (Å²) in [5.41, 5.74) is 3.43. The molecule has 3 rings (SSSR count). The molecule has 4 nitrogen and oxygen atoms in total. The van der Waals surface area contributed by atoms with Gasteiger partial charge in [0.1, 0.15) is 5.65 Å². The molecule has 4 heteroatoms. The zero-order chi connectivity index (χ0) is 12.9. The normalized spacial score (nSPS) is 10.9. The Bertz CT molecular complexity index is 612. The van der Waals surface area contributed by atoms with Gasteiger partial charge in [0.25, 0.3) is 0 Å². The SMILES string of the molecule is c1cnc2[nH]c(CNCCc3ccncc3)cc2c1. The van der Waals surface area contributed by atoms with Crippen LogP contribution in [0.25, 0.3) is 11.0 Å². The van der Waals surface area contributed by atoms with E-state index in [4.69, 9.17) is 0 Å². The first-order valence-corrected chi connectivity index (χ1v) is 6.44. The fourth-order valence-corrected chi connectivity index (χ4v) is 2.11. The van der Waals surface area contributed by atoms with Gasteiger partial charge in [-0.05, 0) is 48.9 Å². The van der Waals surface area contributed by atoms with Crippen molar-refractivity contribution in [2.45, 2.75) is 13.0 Å². The fraction of sp³-hybridized carbons (Fsp3) is 0.200. The summed E-state index contributed by atoms with van der Waals surface area (Å²) < 4.78 is 0. The van der Waals surface area contributed by atoms with Gasteiger partial charge in [-0.1, -0.05) is 0 Å². The third kappa shape index (κ3) is 2.98. The van der Waals surface area contributed by atoms with E-state index in [-0.39, 0.29) is 0 Å². The van der Waals surface area contributed by atoms with E-state index in [1.807, 2.05) is 18.5 Å². The summed E-state index contributed by atoms with van der Waals surface area (Å²) in [7, 11) is 0. The quantitative estimate of drug-likeness (QED) is 0.685. The first-order valence-electron chi connectivity index (χ1n) is 6.44. The van der Waals surface area contributed by atoms with Crippen molar-refractivity contribution in [1.29, 1.82) is 0 Å². The zero-order valence-corrected chi connectivity index (χ0v) is 10.6. The van der Waals surface area contributed by atoms with Crippen molar-refractivity contribution in [1.82, 2.24) is 20.3 Å². The Kier molecular flexibility index (Phi) is 3.51. The van der Waals surface area contributed by atoms with Crippen LogP contribution in [0.3, 0.4) is 0 Å². The van der Waals surface area contributed by atoms with E-state index < -0.39 is 0 Å². The maximum Gasteiger partial charge on any atom is 0.137 e. The van der Waals surface area contributed by atoms with E-state index in [0.717, 1.165) is 30.5 Å². The molecule has 2 N–H and O–H groups in total. The Morgan fingerprint density at radius 3 is 2.84 bits per heavy atom. The van der Waals surface area contributed by atoms with E-state index >= 15 is 0 Å². The van der Waals surface area contributed by atoms with Gasteiger partial charge in [-0.2, -0.15) is 0 Å². The lowest BCUT2D eigenvalue weighted by Gasteiger charge is -2.03. The molecule has 3 aromatic rings. The second-order valence-corrected chi connectivity index (χ2v) is 4.52. The third-order valence-electron chi connectivity index (χ3n) is 3.10. The van der Waals surface area contributed by atoms with Gasteiger partial charge in [-0.25, -0.2) is 4.98 Å². The van der Waals surface area contributed by atoms with Crippen molar-refractivity contribution in [2.75, 3.05) is 6.54 Å². The molecule has 0 aromatic carbocycles. The van der Waals surface area contributed by atoms with Crippen LogP contribution in [0.2, 0.25) is 0 Å². The lowest BCUT2D eigenvalue weighted by Crippen LogP contribution is -2.16. The Labute approximate surface area is 111 Å². The third-order valence-corrected chi connectivity index (χ3v) is 3.10. The predicted molar refractivity (Wildman–Crippen MR) is 75.7 cm³/mol. The van der Waals surface area contributed by atoms with Crippen molar-refractivity contribution in [2.24, 2.45) is 0 Å². The minimum absolute atomic E-state index is 0.835. The van der Waals surface area contributed by atoms with Gasteiger partial charge in [0.05, 0.1) is 0 Å². The van der Waals surface area contributed by atoms with E-state index in [0.29, 0.717) is 0 Å². The Morgan fingerprint density at radius 1 is 1.11 bits per heavy atom. The first-order chi connectivity index (χ1) is 9.42.